The number of anilines is 2. The molecule has 0 saturated heterocycles. The molecule has 3 aromatic carbocycles. The van der Waals surface area contributed by atoms with Crippen molar-refractivity contribution in [3.8, 4) is 5.75 Å². The number of hydrogen-bond acceptors (Lipinski definition) is 5. The zero-order chi connectivity index (χ0) is 24.0. The molecule has 0 aliphatic heterocycles. The maximum absolute atomic E-state index is 13.6. The molecule has 0 aliphatic carbocycles. The van der Waals surface area contributed by atoms with Gasteiger partial charge in [0.15, 0.2) is 0 Å². The van der Waals surface area contributed by atoms with Crippen molar-refractivity contribution in [2.24, 2.45) is 0 Å². The number of carbonyl (C=O) groups is 1. The second-order valence-corrected chi connectivity index (χ2v) is 10.4. The standard InChI is InChI=1S/C23H22Cl2N2O4S2/c1-3-31-22-7-5-4-6-21(22)27(33(29,30)20-10-8-19(32-2)9-11-20)15-23(28)26-18-13-16(24)12-17(25)14-18/h4-14H,3,15H2,1-2H3,(H,26,28). The number of para-hydroxylation sites is 2. The molecule has 33 heavy (non-hydrogen) atoms. The van der Waals surface area contributed by atoms with Crippen LogP contribution < -0.4 is 14.4 Å². The van der Waals surface area contributed by atoms with Crippen molar-refractivity contribution in [3.63, 3.8) is 0 Å². The number of halogens is 2. The van der Waals surface area contributed by atoms with Crippen molar-refractivity contribution in [3.05, 3.63) is 76.8 Å². The number of benzene rings is 3. The molecule has 1 amide bonds. The lowest BCUT2D eigenvalue weighted by Gasteiger charge is -2.26. The van der Waals surface area contributed by atoms with Crippen LogP contribution in [-0.4, -0.2) is 33.7 Å². The van der Waals surface area contributed by atoms with E-state index in [2.05, 4.69) is 5.32 Å². The van der Waals surface area contributed by atoms with Crippen LogP contribution in [0.25, 0.3) is 0 Å². The third kappa shape index (κ3) is 6.35. The van der Waals surface area contributed by atoms with E-state index in [1.54, 1.807) is 43.3 Å². The highest BCUT2D eigenvalue weighted by Gasteiger charge is 2.29. The number of amides is 1. The Bertz CT molecular complexity index is 1220. The molecule has 174 valence electrons. The lowest BCUT2D eigenvalue weighted by molar-refractivity contribution is -0.114. The Morgan fingerprint density at radius 3 is 2.27 bits per heavy atom. The summed E-state index contributed by atoms with van der Waals surface area (Å²) >= 11 is 13.5. The Hall–Kier alpha value is -2.39. The minimum atomic E-state index is -4.09. The van der Waals surface area contributed by atoms with Crippen molar-refractivity contribution in [1.29, 1.82) is 0 Å². The molecule has 3 aromatic rings. The van der Waals surface area contributed by atoms with Crippen LogP contribution in [0.1, 0.15) is 6.92 Å². The lowest BCUT2D eigenvalue weighted by Crippen LogP contribution is -2.38. The van der Waals surface area contributed by atoms with Crippen LogP contribution in [0.15, 0.2) is 76.5 Å². The third-order valence-corrected chi connectivity index (χ3v) is 7.47. The van der Waals surface area contributed by atoms with Crippen LogP contribution >= 0.6 is 35.0 Å². The number of sulfonamides is 1. The predicted octanol–water partition coefficient (Wildman–Crippen LogP) is 5.95. The third-order valence-electron chi connectivity index (χ3n) is 4.51. The highest BCUT2D eigenvalue weighted by Crippen LogP contribution is 2.33. The van der Waals surface area contributed by atoms with Crippen molar-refractivity contribution in [1.82, 2.24) is 0 Å². The summed E-state index contributed by atoms with van der Waals surface area (Å²) < 4.78 is 33.9. The first kappa shape index (κ1) is 25.2. The Labute approximate surface area is 207 Å². The summed E-state index contributed by atoms with van der Waals surface area (Å²) in [4.78, 5) is 13.9. The Kier molecular flexibility index (Phi) is 8.53. The highest BCUT2D eigenvalue weighted by atomic mass is 35.5. The van der Waals surface area contributed by atoms with E-state index in [-0.39, 0.29) is 10.6 Å². The number of rotatable bonds is 9. The molecule has 0 aliphatic rings. The molecule has 0 radical (unpaired) electrons. The van der Waals surface area contributed by atoms with E-state index in [1.807, 2.05) is 6.26 Å². The first-order valence-corrected chi connectivity index (χ1v) is 13.3. The zero-order valence-corrected chi connectivity index (χ0v) is 21.1. The van der Waals surface area contributed by atoms with Gasteiger partial charge in [0.05, 0.1) is 17.2 Å². The largest absolute Gasteiger partial charge is 0.492 e. The molecule has 0 bridgehead atoms. The maximum atomic E-state index is 13.6. The summed E-state index contributed by atoms with van der Waals surface area (Å²) in [6, 6.07) is 17.8. The van der Waals surface area contributed by atoms with Crippen molar-refractivity contribution in [2.75, 3.05) is 29.0 Å². The average Bonchev–Trinajstić information content (AvgIpc) is 2.77. The highest BCUT2D eigenvalue weighted by molar-refractivity contribution is 7.98. The smallest absolute Gasteiger partial charge is 0.264 e. The van der Waals surface area contributed by atoms with E-state index < -0.39 is 22.5 Å². The van der Waals surface area contributed by atoms with Crippen molar-refractivity contribution < 1.29 is 17.9 Å². The number of carbonyl (C=O) groups excluding carboxylic acids is 1. The number of thioether (sulfide) groups is 1. The summed E-state index contributed by atoms with van der Waals surface area (Å²) in [5, 5.41) is 3.35. The van der Waals surface area contributed by atoms with E-state index >= 15 is 0 Å². The molecular formula is C23H22Cl2N2O4S2. The molecule has 0 heterocycles. The molecule has 0 fully saturated rings. The van der Waals surface area contributed by atoms with Crippen LogP contribution in [0, 0.1) is 0 Å². The van der Waals surface area contributed by atoms with E-state index in [0.717, 1.165) is 9.20 Å². The number of hydrogen-bond donors (Lipinski definition) is 1. The Morgan fingerprint density at radius 1 is 1.03 bits per heavy atom. The van der Waals surface area contributed by atoms with E-state index in [4.69, 9.17) is 27.9 Å². The second-order valence-electron chi connectivity index (χ2n) is 6.79. The van der Waals surface area contributed by atoms with Gasteiger partial charge in [-0.25, -0.2) is 8.42 Å². The normalized spacial score (nSPS) is 11.2. The van der Waals surface area contributed by atoms with Crippen LogP contribution in [0.3, 0.4) is 0 Å². The van der Waals surface area contributed by atoms with Gasteiger partial charge in [-0.1, -0.05) is 35.3 Å². The van der Waals surface area contributed by atoms with Gasteiger partial charge in [-0.3, -0.25) is 9.10 Å². The molecule has 0 unspecified atom stereocenters. The van der Waals surface area contributed by atoms with Gasteiger partial charge in [0.25, 0.3) is 10.0 Å². The molecule has 0 saturated carbocycles. The fraction of sp³-hybridized carbons (Fsp3) is 0.174. The van der Waals surface area contributed by atoms with Gasteiger partial charge in [0, 0.05) is 20.6 Å². The van der Waals surface area contributed by atoms with Crippen molar-refractivity contribution >= 4 is 62.3 Å². The summed E-state index contributed by atoms with van der Waals surface area (Å²) in [5.74, 6) is -0.216. The Balaban J connectivity index is 2.00. The van der Waals surface area contributed by atoms with Gasteiger partial charge < -0.3 is 10.1 Å². The van der Waals surface area contributed by atoms with Gasteiger partial charge in [0.2, 0.25) is 5.91 Å². The van der Waals surface area contributed by atoms with Crippen LogP contribution in [0.5, 0.6) is 5.75 Å². The van der Waals surface area contributed by atoms with Gasteiger partial charge >= 0.3 is 0 Å². The first-order valence-electron chi connectivity index (χ1n) is 9.89. The topological polar surface area (TPSA) is 75.7 Å². The van der Waals surface area contributed by atoms with Crippen LogP contribution in [-0.2, 0) is 14.8 Å². The SMILES string of the molecule is CCOc1ccccc1N(CC(=O)Nc1cc(Cl)cc(Cl)c1)S(=O)(=O)c1ccc(SC)cc1. The van der Waals surface area contributed by atoms with E-state index in [9.17, 15) is 13.2 Å². The van der Waals surface area contributed by atoms with E-state index in [0.29, 0.717) is 28.1 Å². The summed E-state index contributed by atoms with van der Waals surface area (Å²) in [6.45, 7) is 1.65. The van der Waals surface area contributed by atoms with Crippen LogP contribution in [0.4, 0.5) is 11.4 Å². The molecular weight excluding hydrogens is 503 g/mol. The molecule has 10 heteroatoms. The van der Waals surface area contributed by atoms with Crippen LogP contribution in [0.2, 0.25) is 10.0 Å². The summed E-state index contributed by atoms with van der Waals surface area (Å²) in [5.41, 5.74) is 0.616. The average molecular weight is 525 g/mol. The van der Waals surface area contributed by atoms with Gasteiger partial charge in [-0.15, -0.1) is 11.8 Å². The summed E-state index contributed by atoms with van der Waals surface area (Å²) in [7, 11) is -4.09. The number of ether oxygens (including phenoxy) is 1. The number of nitrogens with one attached hydrogen (secondary N) is 1. The van der Waals surface area contributed by atoms with Gasteiger partial charge in [-0.2, -0.15) is 0 Å². The monoisotopic (exact) mass is 524 g/mol. The van der Waals surface area contributed by atoms with Gasteiger partial charge in [0.1, 0.15) is 12.3 Å². The molecule has 0 atom stereocenters. The fourth-order valence-corrected chi connectivity index (χ4v) is 5.44. The summed E-state index contributed by atoms with van der Waals surface area (Å²) in [6.07, 6.45) is 1.90. The first-order chi connectivity index (χ1) is 15.7. The minimum absolute atomic E-state index is 0.0604. The fourth-order valence-electron chi connectivity index (χ4n) is 3.07. The molecule has 3 rings (SSSR count). The molecule has 1 N–H and O–H groups in total. The lowest BCUT2D eigenvalue weighted by atomic mass is 10.3. The zero-order valence-electron chi connectivity index (χ0n) is 17.9. The Morgan fingerprint density at radius 2 is 1.67 bits per heavy atom. The molecule has 6 nitrogen and oxygen atoms in total. The second kappa shape index (κ2) is 11.2. The maximum Gasteiger partial charge on any atom is 0.264 e. The molecule has 0 aromatic heterocycles. The molecule has 0 spiro atoms. The minimum Gasteiger partial charge on any atom is -0.492 e. The van der Waals surface area contributed by atoms with Crippen molar-refractivity contribution in [2.45, 2.75) is 16.7 Å². The predicted molar refractivity (Wildman–Crippen MR) is 135 cm³/mol. The van der Waals surface area contributed by atoms with Gasteiger partial charge in [-0.05, 0) is 67.8 Å². The number of nitrogens with zero attached hydrogens (tertiary/aromatic N) is 1. The quantitative estimate of drug-likeness (QED) is 0.350. The van der Waals surface area contributed by atoms with E-state index in [1.165, 1.54) is 42.1 Å².